The quantitative estimate of drug-likeness (QED) is 0.455. The molecule has 1 aliphatic carbocycles. The van der Waals surface area contributed by atoms with Crippen LogP contribution in [0, 0.1) is 11.8 Å². The first-order chi connectivity index (χ1) is 15.1. The lowest BCUT2D eigenvalue weighted by Crippen LogP contribution is -2.15. The Morgan fingerprint density at radius 1 is 1.03 bits per heavy atom. The van der Waals surface area contributed by atoms with Crippen molar-refractivity contribution in [3.8, 4) is 0 Å². The van der Waals surface area contributed by atoms with Crippen molar-refractivity contribution in [2.45, 2.75) is 25.7 Å². The number of hydrogen-bond acceptors (Lipinski definition) is 3. The number of esters is 1. The Labute approximate surface area is 182 Å². The molecule has 3 aromatic carbocycles. The van der Waals surface area contributed by atoms with Gasteiger partial charge in [0.15, 0.2) is 0 Å². The van der Waals surface area contributed by atoms with Crippen molar-refractivity contribution in [2.24, 2.45) is 11.8 Å². The van der Waals surface area contributed by atoms with Crippen LogP contribution in [0.2, 0.25) is 0 Å². The van der Waals surface area contributed by atoms with Gasteiger partial charge >= 0.3 is 5.97 Å². The van der Waals surface area contributed by atoms with Crippen LogP contribution in [0.1, 0.15) is 41.6 Å². The number of para-hydroxylation sites is 1. The number of ether oxygens (including phenoxy) is 1. The molecule has 31 heavy (non-hydrogen) atoms. The lowest BCUT2D eigenvalue weighted by Gasteiger charge is -2.09. The Bertz CT molecular complexity index is 1120. The number of rotatable bonds is 8. The highest BCUT2D eigenvalue weighted by atomic mass is 16.5. The van der Waals surface area contributed by atoms with Gasteiger partial charge in [-0.3, -0.25) is 4.79 Å². The minimum atomic E-state index is -0.449. The van der Waals surface area contributed by atoms with E-state index >= 15 is 0 Å². The third-order valence-electron chi connectivity index (χ3n) is 5.87. The number of nitrogens with one attached hydrogen (secondary N) is 1. The highest BCUT2D eigenvalue weighted by molar-refractivity contribution is 6.01. The third-order valence-corrected chi connectivity index (χ3v) is 5.87. The number of benzene rings is 3. The summed E-state index contributed by atoms with van der Waals surface area (Å²) >= 11 is 0. The number of methoxy groups -OCH3 is 1. The monoisotopic (exact) mass is 413 g/mol. The highest BCUT2D eigenvalue weighted by Crippen LogP contribution is 2.43. The SMILES string of the molecule is COC(=O)c1ccccc1NC(=O)CCC[C@@H]1C[C@H]1/C=C/c1ccc2ccccc2c1. The van der Waals surface area contributed by atoms with Gasteiger partial charge in [0.05, 0.1) is 18.4 Å². The summed E-state index contributed by atoms with van der Waals surface area (Å²) in [5.74, 6) is 0.747. The van der Waals surface area contributed by atoms with Gasteiger partial charge in [0, 0.05) is 6.42 Å². The van der Waals surface area contributed by atoms with E-state index in [2.05, 4.69) is 59.9 Å². The molecule has 0 aromatic heterocycles. The van der Waals surface area contributed by atoms with Crippen molar-refractivity contribution < 1.29 is 14.3 Å². The molecule has 1 saturated carbocycles. The Balaban J connectivity index is 1.22. The molecule has 4 rings (SSSR count). The summed E-state index contributed by atoms with van der Waals surface area (Å²) in [6.07, 6.45) is 8.05. The van der Waals surface area contributed by atoms with Crippen LogP contribution in [0.4, 0.5) is 5.69 Å². The van der Waals surface area contributed by atoms with Crippen molar-refractivity contribution in [1.82, 2.24) is 0 Å². The fourth-order valence-electron chi connectivity index (χ4n) is 4.00. The predicted octanol–water partition coefficient (Wildman–Crippen LogP) is 6.08. The van der Waals surface area contributed by atoms with Crippen molar-refractivity contribution in [1.29, 1.82) is 0 Å². The van der Waals surface area contributed by atoms with E-state index in [4.69, 9.17) is 4.74 Å². The zero-order valence-corrected chi connectivity index (χ0v) is 17.7. The van der Waals surface area contributed by atoms with Crippen LogP contribution in [0.3, 0.4) is 0 Å². The second-order valence-corrected chi connectivity index (χ2v) is 8.10. The molecule has 0 radical (unpaired) electrons. The van der Waals surface area contributed by atoms with E-state index < -0.39 is 5.97 Å². The standard InChI is InChI=1S/C27H27NO3/c1-31-27(30)24-10-4-5-11-25(24)28-26(29)12-6-9-22-18-23(22)16-14-19-13-15-20-7-2-3-8-21(20)17-19/h2-5,7-8,10-11,13-17,22-23H,6,9,12,18H2,1H3,(H,28,29)/b16-14+/t22-,23-/m1/s1. The van der Waals surface area contributed by atoms with Gasteiger partial charge in [0.25, 0.3) is 0 Å². The molecule has 4 heteroatoms. The summed E-state index contributed by atoms with van der Waals surface area (Å²) in [5.41, 5.74) is 2.11. The summed E-state index contributed by atoms with van der Waals surface area (Å²) in [7, 11) is 1.33. The molecule has 0 unspecified atom stereocenters. The molecular weight excluding hydrogens is 386 g/mol. The maximum absolute atomic E-state index is 12.3. The largest absolute Gasteiger partial charge is 0.465 e. The summed E-state index contributed by atoms with van der Waals surface area (Å²) in [5, 5.41) is 5.36. The average molecular weight is 414 g/mol. The number of carbonyl (C=O) groups excluding carboxylic acids is 2. The van der Waals surface area contributed by atoms with Gasteiger partial charge in [-0.05, 0) is 65.6 Å². The third kappa shape index (κ3) is 5.40. The lowest BCUT2D eigenvalue weighted by atomic mass is 10.1. The molecule has 1 N–H and O–H groups in total. The Kier molecular flexibility index (Phi) is 6.46. The number of amides is 1. The number of allylic oxidation sites excluding steroid dienone is 1. The molecule has 4 nitrogen and oxygen atoms in total. The van der Waals surface area contributed by atoms with E-state index in [0.717, 1.165) is 12.8 Å². The van der Waals surface area contributed by atoms with Gasteiger partial charge < -0.3 is 10.1 Å². The van der Waals surface area contributed by atoms with E-state index in [-0.39, 0.29) is 5.91 Å². The highest BCUT2D eigenvalue weighted by Gasteiger charge is 2.33. The smallest absolute Gasteiger partial charge is 0.339 e. The zero-order chi connectivity index (χ0) is 21.6. The Hall–Kier alpha value is -3.40. The minimum absolute atomic E-state index is 0.0692. The molecule has 1 fully saturated rings. The Morgan fingerprint density at radius 2 is 1.81 bits per heavy atom. The second-order valence-electron chi connectivity index (χ2n) is 8.10. The van der Waals surface area contributed by atoms with Crippen LogP contribution in [-0.4, -0.2) is 19.0 Å². The van der Waals surface area contributed by atoms with E-state index in [1.807, 2.05) is 0 Å². The van der Waals surface area contributed by atoms with E-state index in [0.29, 0.717) is 29.5 Å². The molecule has 0 bridgehead atoms. The van der Waals surface area contributed by atoms with Crippen molar-refractivity contribution in [3.05, 3.63) is 83.9 Å². The fraction of sp³-hybridized carbons (Fsp3) is 0.259. The van der Waals surface area contributed by atoms with Gasteiger partial charge in [-0.15, -0.1) is 0 Å². The molecule has 3 aromatic rings. The van der Waals surface area contributed by atoms with Gasteiger partial charge in [0.2, 0.25) is 5.91 Å². The summed E-state index contributed by atoms with van der Waals surface area (Å²) in [6, 6.07) is 21.9. The van der Waals surface area contributed by atoms with Gasteiger partial charge in [-0.25, -0.2) is 4.79 Å². The van der Waals surface area contributed by atoms with Gasteiger partial charge in [-0.2, -0.15) is 0 Å². The maximum atomic E-state index is 12.3. The summed E-state index contributed by atoms with van der Waals surface area (Å²) in [6.45, 7) is 0. The van der Waals surface area contributed by atoms with Crippen LogP contribution in [0.25, 0.3) is 16.8 Å². The van der Waals surface area contributed by atoms with Crippen molar-refractivity contribution >= 4 is 34.4 Å². The molecule has 1 amide bonds. The van der Waals surface area contributed by atoms with Crippen LogP contribution in [0.15, 0.2) is 72.8 Å². The topological polar surface area (TPSA) is 55.4 Å². The van der Waals surface area contributed by atoms with E-state index in [9.17, 15) is 9.59 Å². The van der Waals surface area contributed by atoms with Crippen molar-refractivity contribution in [3.63, 3.8) is 0 Å². The summed E-state index contributed by atoms with van der Waals surface area (Å²) < 4.78 is 4.77. The maximum Gasteiger partial charge on any atom is 0.339 e. The molecule has 0 saturated heterocycles. The second kappa shape index (κ2) is 9.61. The number of anilines is 1. The molecular formula is C27H27NO3. The number of carbonyl (C=O) groups is 2. The van der Waals surface area contributed by atoms with Gasteiger partial charge in [0.1, 0.15) is 0 Å². The van der Waals surface area contributed by atoms with Crippen LogP contribution in [-0.2, 0) is 9.53 Å². The molecule has 0 aliphatic heterocycles. The van der Waals surface area contributed by atoms with Gasteiger partial charge in [-0.1, -0.05) is 60.7 Å². The van der Waals surface area contributed by atoms with Crippen LogP contribution < -0.4 is 5.32 Å². The zero-order valence-electron chi connectivity index (χ0n) is 17.7. The first-order valence-electron chi connectivity index (χ1n) is 10.8. The minimum Gasteiger partial charge on any atom is -0.465 e. The van der Waals surface area contributed by atoms with Crippen LogP contribution >= 0.6 is 0 Å². The molecule has 1 aliphatic rings. The molecule has 158 valence electrons. The Morgan fingerprint density at radius 3 is 2.65 bits per heavy atom. The van der Waals surface area contributed by atoms with Crippen LogP contribution in [0.5, 0.6) is 0 Å². The lowest BCUT2D eigenvalue weighted by molar-refractivity contribution is -0.116. The molecule has 2 atom stereocenters. The summed E-state index contributed by atoms with van der Waals surface area (Å²) in [4.78, 5) is 24.1. The fourth-order valence-corrected chi connectivity index (χ4v) is 4.00. The predicted molar refractivity (Wildman–Crippen MR) is 125 cm³/mol. The first kappa shape index (κ1) is 20.9. The normalized spacial score (nSPS) is 17.6. The number of fused-ring (bicyclic) bond motifs is 1. The first-order valence-corrected chi connectivity index (χ1v) is 10.8. The molecule has 0 heterocycles. The average Bonchev–Trinajstić information content (AvgIpc) is 3.55. The van der Waals surface area contributed by atoms with Crippen molar-refractivity contribution in [2.75, 3.05) is 12.4 Å². The van der Waals surface area contributed by atoms with E-state index in [1.54, 1.807) is 24.3 Å². The van der Waals surface area contributed by atoms with E-state index in [1.165, 1.54) is 29.9 Å². The molecule has 0 spiro atoms. The number of hydrogen-bond donors (Lipinski definition) is 1.